The van der Waals surface area contributed by atoms with Crippen molar-refractivity contribution >= 4 is 0 Å². The summed E-state index contributed by atoms with van der Waals surface area (Å²) < 4.78 is 12.0. The third-order valence-electron chi connectivity index (χ3n) is 2.38. The van der Waals surface area contributed by atoms with Crippen LogP contribution in [0.25, 0.3) is 5.69 Å². The van der Waals surface area contributed by atoms with E-state index < -0.39 is 0 Å². The van der Waals surface area contributed by atoms with Crippen molar-refractivity contribution in [1.29, 1.82) is 0 Å². The van der Waals surface area contributed by atoms with Gasteiger partial charge >= 0.3 is 0 Å². The van der Waals surface area contributed by atoms with Crippen molar-refractivity contribution < 1.29 is 9.47 Å². The zero-order valence-corrected chi connectivity index (χ0v) is 9.75. The molecule has 17 heavy (non-hydrogen) atoms. The molecule has 90 valence electrons. The Hall–Kier alpha value is -2.08. The molecule has 0 bridgehead atoms. The molecule has 2 rings (SSSR count). The van der Waals surface area contributed by atoms with E-state index in [1.807, 2.05) is 18.2 Å². The average Bonchev–Trinajstić information content (AvgIpc) is 2.86. The molecular formula is C11H14N4O2. The van der Waals surface area contributed by atoms with Gasteiger partial charge in [0.05, 0.1) is 31.8 Å². The summed E-state index contributed by atoms with van der Waals surface area (Å²) >= 11 is 0. The highest BCUT2D eigenvalue weighted by molar-refractivity contribution is 5.48. The molecule has 0 radical (unpaired) electrons. The molecule has 0 unspecified atom stereocenters. The van der Waals surface area contributed by atoms with Crippen LogP contribution in [0.15, 0.2) is 24.4 Å². The number of ether oxygens (including phenoxy) is 2. The molecule has 2 N–H and O–H groups in total. The van der Waals surface area contributed by atoms with E-state index in [1.54, 1.807) is 25.1 Å². The fourth-order valence-corrected chi connectivity index (χ4v) is 1.49. The highest BCUT2D eigenvalue weighted by Crippen LogP contribution is 2.28. The van der Waals surface area contributed by atoms with Gasteiger partial charge in [0.2, 0.25) is 0 Å². The third kappa shape index (κ3) is 2.21. The van der Waals surface area contributed by atoms with E-state index >= 15 is 0 Å². The van der Waals surface area contributed by atoms with Gasteiger partial charge in [-0.2, -0.15) is 0 Å². The Bertz CT molecular complexity index is 510. The second kappa shape index (κ2) is 4.84. The molecule has 1 aromatic carbocycles. The van der Waals surface area contributed by atoms with Crippen molar-refractivity contribution in [1.82, 2.24) is 15.0 Å². The van der Waals surface area contributed by atoms with Gasteiger partial charge < -0.3 is 15.2 Å². The Balaban J connectivity index is 2.38. The lowest BCUT2D eigenvalue weighted by atomic mass is 10.3. The first kappa shape index (κ1) is 11.4. The Morgan fingerprint density at radius 2 is 2.00 bits per heavy atom. The molecule has 0 saturated heterocycles. The summed E-state index contributed by atoms with van der Waals surface area (Å²) in [6, 6.07) is 5.52. The van der Waals surface area contributed by atoms with Crippen molar-refractivity contribution in [3.05, 3.63) is 30.1 Å². The van der Waals surface area contributed by atoms with E-state index in [2.05, 4.69) is 10.3 Å². The molecule has 0 saturated carbocycles. The van der Waals surface area contributed by atoms with E-state index in [4.69, 9.17) is 15.2 Å². The Labute approximate surface area is 98.9 Å². The Morgan fingerprint density at radius 3 is 2.59 bits per heavy atom. The maximum Gasteiger partial charge on any atom is 0.162 e. The number of benzene rings is 1. The smallest absolute Gasteiger partial charge is 0.162 e. The summed E-state index contributed by atoms with van der Waals surface area (Å²) in [4.78, 5) is 0. The Morgan fingerprint density at radius 1 is 1.24 bits per heavy atom. The van der Waals surface area contributed by atoms with E-state index in [1.165, 1.54) is 0 Å². The lowest BCUT2D eigenvalue weighted by molar-refractivity contribution is 0.354. The van der Waals surface area contributed by atoms with E-state index in [-0.39, 0.29) is 0 Å². The Kier molecular flexibility index (Phi) is 3.24. The molecule has 0 amide bonds. The molecule has 1 heterocycles. The van der Waals surface area contributed by atoms with Gasteiger partial charge in [0.25, 0.3) is 0 Å². The van der Waals surface area contributed by atoms with Gasteiger partial charge in [-0.05, 0) is 12.1 Å². The SMILES string of the molecule is COc1ccc(-n2cc(CN)nn2)cc1OC. The zero-order valence-electron chi connectivity index (χ0n) is 9.75. The van der Waals surface area contributed by atoms with Crippen LogP contribution in [0, 0.1) is 0 Å². The van der Waals surface area contributed by atoms with Crippen LogP contribution in [0.2, 0.25) is 0 Å². The van der Waals surface area contributed by atoms with Crippen LogP contribution in [0.4, 0.5) is 0 Å². The lowest BCUT2D eigenvalue weighted by Crippen LogP contribution is -1.97. The summed E-state index contributed by atoms with van der Waals surface area (Å²) in [5.74, 6) is 1.32. The predicted molar refractivity (Wildman–Crippen MR) is 62.4 cm³/mol. The van der Waals surface area contributed by atoms with Crippen LogP contribution in [-0.2, 0) is 6.54 Å². The summed E-state index contributed by atoms with van der Waals surface area (Å²) in [5, 5.41) is 7.90. The summed E-state index contributed by atoms with van der Waals surface area (Å²) in [6.45, 7) is 0.368. The van der Waals surface area contributed by atoms with Gasteiger partial charge in [-0.25, -0.2) is 4.68 Å². The van der Waals surface area contributed by atoms with Crippen LogP contribution in [-0.4, -0.2) is 29.2 Å². The molecule has 0 aliphatic carbocycles. The van der Waals surface area contributed by atoms with E-state index in [0.717, 1.165) is 11.4 Å². The minimum Gasteiger partial charge on any atom is -0.493 e. The molecule has 1 aromatic heterocycles. The highest BCUT2D eigenvalue weighted by atomic mass is 16.5. The van der Waals surface area contributed by atoms with Gasteiger partial charge in [-0.15, -0.1) is 5.10 Å². The minimum atomic E-state index is 0.368. The number of hydrogen-bond donors (Lipinski definition) is 1. The lowest BCUT2D eigenvalue weighted by Gasteiger charge is -2.08. The number of aromatic nitrogens is 3. The van der Waals surface area contributed by atoms with Gasteiger partial charge in [-0.3, -0.25) is 0 Å². The van der Waals surface area contributed by atoms with Crippen LogP contribution >= 0.6 is 0 Å². The largest absolute Gasteiger partial charge is 0.493 e. The topological polar surface area (TPSA) is 75.2 Å². The number of nitrogens with two attached hydrogens (primary N) is 1. The van der Waals surface area contributed by atoms with Crippen LogP contribution in [0.5, 0.6) is 11.5 Å². The second-order valence-corrected chi connectivity index (χ2v) is 3.40. The highest BCUT2D eigenvalue weighted by Gasteiger charge is 2.07. The third-order valence-corrected chi connectivity index (χ3v) is 2.38. The summed E-state index contributed by atoms with van der Waals surface area (Å²) in [7, 11) is 3.19. The molecule has 0 fully saturated rings. The second-order valence-electron chi connectivity index (χ2n) is 3.40. The molecular weight excluding hydrogens is 220 g/mol. The first-order valence-electron chi connectivity index (χ1n) is 5.12. The van der Waals surface area contributed by atoms with E-state index in [9.17, 15) is 0 Å². The standard InChI is InChI=1S/C11H14N4O2/c1-16-10-4-3-9(5-11(10)17-2)15-7-8(6-12)13-14-15/h3-5,7H,6,12H2,1-2H3. The maximum atomic E-state index is 5.48. The quantitative estimate of drug-likeness (QED) is 0.844. The maximum absolute atomic E-state index is 5.48. The van der Waals surface area contributed by atoms with Crippen molar-refractivity contribution in [3.8, 4) is 17.2 Å². The first-order chi connectivity index (χ1) is 8.28. The molecule has 6 heteroatoms. The van der Waals surface area contributed by atoms with Gasteiger partial charge in [-0.1, -0.05) is 5.21 Å². The molecule has 0 aliphatic rings. The number of rotatable bonds is 4. The van der Waals surface area contributed by atoms with E-state index in [0.29, 0.717) is 18.0 Å². The van der Waals surface area contributed by atoms with Crippen molar-refractivity contribution in [3.63, 3.8) is 0 Å². The van der Waals surface area contributed by atoms with Crippen molar-refractivity contribution in [2.24, 2.45) is 5.73 Å². The predicted octanol–water partition coefficient (Wildman–Crippen LogP) is 0.743. The normalized spacial score (nSPS) is 10.3. The van der Waals surface area contributed by atoms with Crippen LogP contribution in [0.3, 0.4) is 0 Å². The van der Waals surface area contributed by atoms with Crippen LogP contribution in [0.1, 0.15) is 5.69 Å². The van der Waals surface area contributed by atoms with Crippen molar-refractivity contribution in [2.45, 2.75) is 6.54 Å². The summed E-state index contributed by atoms with van der Waals surface area (Å²) in [6.07, 6.45) is 1.78. The molecule has 0 aliphatic heterocycles. The number of methoxy groups -OCH3 is 2. The monoisotopic (exact) mass is 234 g/mol. The molecule has 6 nitrogen and oxygen atoms in total. The number of nitrogens with zero attached hydrogens (tertiary/aromatic N) is 3. The zero-order chi connectivity index (χ0) is 12.3. The number of hydrogen-bond acceptors (Lipinski definition) is 5. The molecule has 2 aromatic rings. The van der Waals surface area contributed by atoms with Gasteiger partial charge in [0.15, 0.2) is 11.5 Å². The van der Waals surface area contributed by atoms with Gasteiger partial charge in [0.1, 0.15) is 0 Å². The fraction of sp³-hybridized carbons (Fsp3) is 0.273. The van der Waals surface area contributed by atoms with Crippen LogP contribution < -0.4 is 15.2 Å². The fourth-order valence-electron chi connectivity index (χ4n) is 1.49. The van der Waals surface area contributed by atoms with Crippen molar-refractivity contribution in [2.75, 3.05) is 14.2 Å². The minimum absolute atomic E-state index is 0.368. The molecule has 0 atom stereocenters. The molecule has 0 spiro atoms. The summed E-state index contributed by atoms with van der Waals surface area (Å²) in [5.41, 5.74) is 7.06. The van der Waals surface area contributed by atoms with Gasteiger partial charge in [0, 0.05) is 12.6 Å². The average molecular weight is 234 g/mol. The first-order valence-corrected chi connectivity index (χ1v) is 5.12.